The maximum atomic E-state index is 3.68. The Morgan fingerprint density at radius 2 is 1.70 bits per heavy atom. The van der Waals surface area contributed by atoms with E-state index >= 15 is 0 Å². The first kappa shape index (κ1) is 13.8. The SMILES string of the molecule is Cc1c(Br)cc(Cc2cc3ccccc3s2)c(C)c1C. The number of fused-ring (bicyclic) bond motifs is 1. The lowest BCUT2D eigenvalue weighted by Crippen LogP contribution is -1.96. The molecule has 0 unspecified atom stereocenters. The van der Waals surface area contributed by atoms with Crippen LogP contribution in [0.5, 0.6) is 0 Å². The lowest BCUT2D eigenvalue weighted by Gasteiger charge is -2.12. The van der Waals surface area contributed by atoms with Gasteiger partial charge in [0.2, 0.25) is 0 Å². The van der Waals surface area contributed by atoms with Crippen molar-refractivity contribution in [2.75, 3.05) is 0 Å². The van der Waals surface area contributed by atoms with Crippen molar-refractivity contribution in [3.05, 3.63) is 68.0 Å². The van der Waals surface area contributed by atoms with E-state index in [1.165, 1.54) is 41.7 Å². The lowest BCUT2D eigenvalue weighted by atomic mass is 9.96. The number of hydrogen-bond donors (Lipinski definition) is 0. The van der Waals surface area contributed by atoms with E-state index in [1.54, 1.807) is 0 Å². The normalized spacial score (nSPS) is 11.2. The van der Waals surface area contributed by atoms with Crippen LogP contribution in [0.25, 0.3) is 10.1 Å². The molecule has 1 aromatic heterocycles. The van der Waals surface area contributed by atoms with Crippen LogP contribution in [0.4, 0.5) is 0 Å². The summed E-state index contributed by atoms with van der Waals surface area (Å²) < 4.78 is 2.60. The van der Waals surface area contributed by atoms with Gasteiger partial charge in [0.1, 0.15) is 0 Å². The van der Waals surface area contributed by atoms with E-state index < -0.39 is 0 Å². The van der Waals surface area contributed by atoms with Crippen molar-refractivity contribution in [2.24, 2.45) is 0 Å². The molecule has 0 radical (unpaired) electrons. The lowest BCUT2D eigenvalue weighted by molar-refractivity contribution is 1.13. The van der Waals surface area contributed by atoms with Crippen LogP contribution in [-0.4, -0.2) is 0 Å². The van der Waals surface area contributed by atoms with Gasteiger partial charge >= 0.3 is 0 Å². The highest BCUT2D eigenvalue weighted by Crippen LogP contribution is 2.31. The molecule has 0 saturated carbocycles. The van der Waals surface area contributed by atoms with E-state index in [-0.39, 0.29) is 0 Å². The van der Waals surface area contributed by atoms with E-state index in [4.69, 9.17) is 0 Å². The Labute approximate surface area is 132 Å². The molecule has 0 amide bonds. The molecule has 0 aliphatic carbocycles. The summed E-state index contributed by atoms with van der Waals surface area (Å²) in [5.74, 6) is 0. The van der Waals surface area contributed by atoms with E-state index in [0.29, 0.717) is 0 Å². The Kier molecular flexibility index (Phi) is 3.70. The van der Waals surface area contributed by atoms with Gasteiger partial charge in [0.05, 0.1) is 0 Å². The Hall–Kier alpha value is -1.12. The van der Waals surface area contributed by atoms with E-state index in [0.717, 1.165) is 6.42 Å². The minimum Gasteiger partial charge on any atom is -0.140 e. The van der Waals surface area contributed by atoms with Crippen LogP contribution in [0.1, 0.15) is 27.1 Å². The summed E-state index contributed by atoms with van der Waals surface area (Å²) in [6, 6.07) is 13.2. The maximum Gasteiger partial charge on any atom is 0.0345 e. The smallest absolute Gasteiger partial charge is 0.0345 e. The van der Waals surface area contributed by atoms with Crippen LogP contribution < -0.4 is 0 Å². The summed E-state index contributed by atoms with van der Waals surface area (Å²) in [6.07, 6.45) is 1.02. The molecule has 0 nitrogen and oxygen atoms in total. The van der Waals surface area contributed by atoms with Gasteiger partial charge in [-0.3, -0.25) is 0 Å². The molecule has 2 heteroatoms. The van der Waals surface area contributed by atoms with Gasteiger partial charge in [-0.15, -0.1) is 11.3 Å². The molecule has 3 rings (SSSR count). The Bertz CT molecular complexity index is 750. The number of rotatable bonds is 2. The summed E-state index contributed by atoms with van der Waals surface area (Å²) in [7, 11) is 0. The number of thiophene rings is 1. The summed E-state index contributed by atoms with van der Waals surface area (Å²) in [5.41, 5.74) is 5.59. The first-order valence-electron chi connectivity index (χ1n) is 6.79. The van der Waals surface area contributed by atoms with Crippen molar-refractivity contribution in [1.82, 2.24) is 0 Å². The quantitative estimate of drug-likeness (QED) is 0.520. The predicted octanol–water partition coefficient (Wildman–Crippen LogP) is 6.18. The number of halogens is 1. The second-order valence-electron chi connectivity index (χ2n) is 5.32. The molecule has 0 aliphatic rings. The molecule has 0 fully saturated rings. The first-order valence-corrected chi connectivity index (χ1v) is 8.40. The van der Waals surface area contributed by atoms with Gasteiger partial charge in [0.15, 0.2) is 0 Å². The van der Waals surface area contributed by atoms with Crippen LogP contribution in [0.15, 0.2) is 40.9 Å². The van der Waals surface area contributed by atoms with E-state index in [9.17, 15) is 0 Å². The molecular weight excluding hydrogens is 328 g/mol. The second-order valence-corrected chi connectivity index (χ2v) is 7.34. The van der Waals surface area contributed by atoms with E-state index in [1.807, 2.05) is 11.3 Å². The van der Waals surface area contributed by atoms with Crippen LogP contribution in [0, 0.1) is 20.8 Å². The van der Waals surface area contributed by atoms with Crippen molar-refractivity contribution in [1.29, 1.82) is 0 Å². The molecule has 0 aliphatic heterocycles. The van der Waals surface area contributed by atoms with Crippen LogP contribution in [-0.2, 0) is 6.42 Å². The van der Waals surface area contributed by atoms with Gasteiger partial charge in [0, 0.05) is 20.5 Å². The van der Waals surface area contributed by atoms with Crippen LogP contribution in [0.2, 0.25) is 0 Å². The van der Waals surface area contributed by atoms with Crippen molar-refractivity contribution < 1.29 is 0 Å². The van der Waals surface area contributed by atoms with Crippen molar-refractivity contribution in [3.8, 4) is 0 Å². The average Bonchev–Trinajstić information content (AvgIpc) is 2.84. The van der Waals surface area contributed by atoms with Crippen molar-refractivity contribution in [2.45, 2.75) is 27.2 Å². The molecule has 20 heavy (non-hydrogen) atoms. The third-order valence-electron chi connectivity index (χ3n) is 4.11. The Morgan fingerprint density at radius 1 is 0.950 bits per heavy atom. The van der Waals surface area contributed by atoms with Gasteiger partial charge in [-0.05, 0) is 66.6 Å². The van der Waals surface area contributed by atoms with Gasteiger partial charge in [-0.25, -0.2) is 0 Å². The fourth-order valence-corrected chi connectivity index (χ4v) is 4.23. The van der Waals surface area contributed by atoms with E-state index in [2.05, 4.69) is 73.1 Å². The van der Waals surface area contributed by atoms with Gasteiger partial charge in [-0.1, -0.05) is 34.1 Å². The number of benzene rings is 2. The molecular formula is C18H17BrS. The highest BCUT2D eigenvalue weighted by atomic mass is 79.9. The molecule has 102 valence electrons. The maximum absolute atomic E-state index is 3.68. The van der Waals surface area contributed by atoms with Gasteiger partial charge in [-0.2, -0.15) is 0 Å². The third kappa shape index (κ3) is 2.43. The second kappa shape index (κ2) is 5.34. The standard InChI is InChI=1S/C18H17BrS/c1-11-12(2)15(10-17(19)13(11)3)9-16-8-14-6-4-5-7-18(14)20-16/h4-8,10H,9H2,1-3H3. The minimum absolute atomic E-state index is 1.02. The number of hydrogen-bond acceptors (Lipinski definition) is 1. The van der Waals surface area contributed by atoms with Gasteiger partial charge in [0.25, 0.3) is 0 Å². The molecule has 0 atom stereocenters. The van der Waals surface area contributed by atoms with Gasteiger partial charge < -0.3 is 0 Å². The molecule has 1 heterocycles. The predicted molar refractivity (Wildman–Crippen MR) is 93.0 cm³/mol. The molecule has 0 saturated heterocycles. The van der Waals surface area contributed by atoms with Crippen molar-refractivity contribution >= 4 is 37.4 Å². The zero-order valence-electron chi connectivity index (χ0n) is 12.0. The van der Waals surface area contributed by atoms with Crippen LogP contribution in [0.3, 0.4) is 0 Å². The molecule has 3 aromatic rings. The Morgan fingerprint density at radius 3 is 2.45 bits per heavy atom. The zero-order chi connectivity index (χ0) is 14.3. The zero-order valence-corrected chi connectivity index (χ0v) is 14.4. The van der Waals surface area contributed by atoms with Crippen molar-refractivity contribution in [3.63, 3.8) is 0 Å². The van der Waals surface area contributed by atoms with Crippen LogP contribution >= 0.6 is 27.3 Å². The molecule has 0 spiro atoms. The highest BCUT2D eigenvalue weighted by Gasteiger charge is 2.10. The fourth-order valence-electron chi connectivity index (χ4n) is 2.57. The summed E-state index contributed by atoms with van der Waals surface area (Å²) in [5, 5.41) is 1.35. The molecule has 0 N–H and O–H groups in total. The minimum atomic E-state index is 1.02. The third-order valence-corrected chi connectivity index (χ3v) is 6.05. The fraction of sp³-hybridized carbons (Fsp3) is 0.222. The summed E-state index contributed by atoms with van der Waals surface area (Å²) in [6.45, 7) is 6.62. The Balaban J connectivity index is 2.02. The largest absolute Gasteiger partial charge is 0.140 e. The molecule has 0 bridgehead atoms. The summed E-state index contributed by atoms with van der Waals surface area (Å²) >= 11 is 5.58. The first-order chi connectivity index (χ1) is 9.56. The molecule has 2 aromatic carbocycles. The monoisotopic (exact) mass is 344 g/mol. The topological polar surface area (TPSA) is 0 Å². The average molecular weight is 345 g/mol. The summed E-state index contributed by atoms with van der Waals surface area (Å²) in [4.78, 5) is 1.43. The highest BCUT2D eigenvalue weighted by molar-refractivity contribution is 9.10.